The fraction of sp³-hybridized carbons (Fsp3) is 0.385. The van der Waals surface area contributed by atoms with Crippen molar-refractivity contribution >= 4 is 32.6 Å². The summed E-state index contributed by atoms with van der Waals surface area (Å²) in [4.78, 5) is 8.88. The molecule has 0 saturated heterocycles. The third kappa shape index (κ3) is 2.96. The molecule has 0 spiro atoms. The molecule has 1 unspecified atom stereocenters. The number of nitrogens with one attached hydrogen (secondary N) is 3. The lowest BCUT2D eigenvalue weighted by atomic mass is 10.3. The van der Waals surface area contributed by atoms with Gasteiger partial charge in [0, 0.05) is 19.1 Å². The SMILES string of the molecule is CC1CN=C(NCCNc2nc3ccccc3s2)N1. The molecule has 1 aromatic heterocycles. The summed E-state index contributed by atoms with van der Waals surface area (Å²) in [5, 5.41) is 10.8. The molecule has 0 bridgehead atoms. The van der Waals surface area contributed by atoms with Crippen molar-refractivity contribution in [3.63, 3.8) is 0 Å². The number of para-hydroxylation sites is 1. The van der Waals surface area contributed by atoms with Crippen molar-refractivity contribution in [3.05, 3.63) is 24.3 Å². The van der Waals surface area contributed by atoms with Gasteiger partial charge in [0.25, 0.3) is 0 Å². The standard InChI is InChI=1S/C13H17N5S/c1-9-8-16-12(17-9)14-6-7-15-13-18-10-4-2-3-5-11(10)19-13/h2-5,9H,6-8H2,1H3,(H,15,18)(H2,14,16,17). The Hall–Kier alpha value is -1.82. The topological polar surface area (TPSA) is 61.3 Å². The highest BCUT2D eigenvalue weighted by Crippen LogP contribution is 2.24. The molecular weight excluding hydrogens is 258 g/mol. The van der Waals surface area contributed by atoms with Gasteiger partial charge in [-0.2, -0.15) is 0 Å². The van der Waals surface area contributed by atoms with Crippen molar-refractivity contribution in [3.8, 4) is 0 Å². The van der Waals surface area contributed by atoms with Gasteiger partial charge in [-0.05, 0) is 19.1 Å². The minimum Gasteiger partial charge on any atom is -0.360 e. The molecule has 2 aromatic rings. The van der Waals surface area contributed by atoms with E-state index in [9.17, 15) is 0 Å². The zero-order chi connectivity index (χ0) is 13.1. The van der Waals surface area contributed by atoms with E-state index in [4.69, 9.17) is 0 Å². The molecule has 0 aliphatic carbocycles. The first kappa shape index (κ1) is 12.2. The molecule has 2 heterocycles. The first-order valence-electron chi connectivity index (χ1n) is 6.45. The Labute approximate surface area is 116 Å². The number of guanidine groups is 1. The summed E-state index contributed by atoms with van der Waals surface area (Å²) in [6.07, 6.45) is 0. The largest absolute Gasteiger partial charge is 0.360 e. The molecule has 3 rings (SSSR count). The van der Waals surface area contributed by atoms with E-state index in [-0.39, 0.29) is 0 Å². The zero-order valence-electron chi connectivity index (χ0n) is 10.8. The van der Waals surface area contributed by atoms with Crippen LogP contribution in [0.25, 0.3) is 10.2 Å². The van der Waals surface area contributed by atoms with Gasteiger partial charge in [-0.25, -0.2) is 4.98 Å². The summed E-state index contributed by atoms with van der Waals surface area (Å²) in [5.74, 6) is 0.901. The first-order chi connectivity index (χ1) is 9.31. The summed E-state index contributed by atoms with van der Waals surface area (Å²) >= 11 is 1.68. The zero-order valence-corrected chi connectivity index (χ0v) is 11.6. The van der Waals surface area contributed by atoms with Crippen LogP contribution in [0, 0.1) is 0 Å². The molecule has 0 amide bonds. The Morgan fingerprint density at radius 1 is 1.32 bits per heavy atom. The lowest BCUT2D eigenvalue weighted by Crippen LogP contribution is -2.39. The summed E-state index contributed by atoms with van der Waals surface area (Å²) < 4.78 is 1.22. The fourth-order valence-electron chi connectivity index (χ4n) is 1.96. The third-order valence-corrected chi connectivity index (χ3v) is 3.89. The van der Waals surface area contributed by atoms with Crippen LogP contribution in [0.5, 0.6) is 0 Å². The van der Waals surface area contributed by atoms with Crippen LogP contribution < -0.4 is 16.0 Å². The molecule has 100 valence electrons. The number of benzene rings is 1. The van der Waals surface area contributed by atoms with Gasteiger partial charge in [0.1, 0.15) is 0 Å². The summed E-state index contributed by atoms with van der Waals surface area (Å²) in [7, 11) is 0. The average molecular weight is 275 g/mol. The number of thiazole rings is 1. The van der Waals surface area contributed by atoms with Gasteiger partial charge in [0.2, 0.25) is 0 Å². The van der Waals surface area contributed by atoms with Crippen molar-refractivity contribution in [2.75, 3.05) is 25.0 Å². The molecule has 1 aromatic carbocycles. The van der Waals surface area contributed by atoms with E-state index in [1.165, 1.54) is 4.70 Å². The van der Waals surface area contributed by atoms with Crippen molar-refractivity contribution < 1.29 is 0 Å². The van der Waals surface area contributed by atoms with Crippen LogP contribution in [0.1, 0.15) is 6.92 Å². The number of aliphatic imine (C=N–C) groups is 1. The summed E-state index contributed by atoms with van der Waals surface area (Å²) in [5.41, 5.74) is 1.05. The number of nitrogens with zero attached hydrogens (tertiary/aromatic N) is 2. The van der Waals surface area contributed by atoms with E-state index in [0.717, 1.165) is 36.2 Å². The van der Waals surface area contributed by atoms with Crippen LogP contribution in [0.2, 0.25) is 0 Å². The molecule has 5 nitrogen and oxygen atoms in total. The highest BCUT2D eigenvalue weighted by Gasteiger charge is 2.11. The fourth-order valence-corrected chi connectivity index (χ4v) is 2.85. The Kier molecular flexibility index (Phi) is 3.50. The minimum atomic E-state index is 0.444. The van der Waals surface area contributed by atoms with Gasteiger partial charge in [0.15, 0.2) is 11.1 Å². The van der Waals surface area contributed by atoms with Crippen LogP contribution in [0.3, 0.4) is 0 Å². The van der Waals surface area contributed by atoms with E-state index in [1.807, 2.05) is 18.2 Å². The lowest BCUT2D eigenvalue weighted by Gasteiger charge is -2.08. The predicted molar refractivity (Wildman–Crippen MR) is 81.0 cm³/mol. The molecule has 0 saturated carbocycles. The maximum Gasteiger partial charge on any atom is 0.191 e. The van der Waals surface area contributed by atoms with Crippen molar-refractivity contribution in [1.29, 1.82) is 0 Å². The maximum atomic E-state index is 4.53. The Morgan fingerprint density at radius 3 is 2.95 bits per heavy atom. The Morgan fingerprint density at radius 2 is 2.16 bits per heavy atom. The molecule has 6 heteroatoms. The number of aromatic nitrogens is 1. The summed E-state index contributed by atoms with van der Waals surface area (Å²) in [6.45, 7) is 4.63. The van der Waals surface area contributed by atoms with Crippen LogP contribution in [0.15, 0.2) is 29.3 Å². The van der Waals surface area contributed by atoms with Crippen molar-refractivity contribution in [2.45, 2.75) is 13.0 Å². The second-order valence-corrected chi connectivity index (χ2v) is 5.61. The quantitative estimate of drug-likeness (QED) is 0.743. The maximum absolute atomic E-state index is 4.53. The van der Waals surface area contributed by atoms with Gasteiger partial charge in [0.05, 0.1) is 16.8 Å². The molecule has 0 radical (unpaired) electrons. The molecular formula is C13H17N5S. The van der Waals surface area contributed by atoms with Crippen LogP contribution in [0.4, 0.5) is 5.13 Å². The second kappa shape index (κ2) is 5.44. The second-order valence-electron chi connectivity index (χ2n) is 4.57. The molecule has 0 fully saturated rings. The Bertz CT molecular complexity index is 558. The number of fused-ring (bicyclic) bond motifs is 1. The molecule has 19 heavy (non-hydrogen) atoms. The van der Waals surface area contributed by atoms with Crippen molar-refractivity contribution in [2.24, 2.45) is 4.99 Å². The van der Waals surface area contributed by atoms with Crippen LogP contribution >= 0.6 is 11.3 Å². The van der Waals surface area contributed by atoms with Gasteiger partial charge in [-0.1, -0.05) is 23.5 Å². The van der Waals surface area contributed by atoms with E-state index in [1.54, 1.807) is 11.3 Å². The number of rotatable bonds is 4. The van der Waals surface area contributed by atoms with E-state index >= 15 is 0 Å². The van der Waals surface area contributed by atoms with Gasteiger partial charge < -0.3 is 16.0 Å². The lowest BCUT2D eigenvalue weighted by molar-refractivity contribution is 0.714. The van der Waals surface area contributed by atoms with Gasteiger partial charge >= 0.3 is 0 Å². The first-order valence-corrected chi connectivity index (χ1v) is 7.27. The predicted octanol–water partition coefficient (Wildman–Crippen LogP) is 1.65. The third-order valence-electron chi connectivity index (χ3n) is 2.89. The van der Waals surface area contributed by atoms with Crippen molar-refractivity contribution in [1.82, 2.24) is 15.6 Å². The van der Waals surface area contributed by atoms with E-state index in [0.29, 0.717) is 6.04 Å². The molecule has 1 aliphatic rings. The van der Waals surface area contributed by atoms with E-state index in [2.05, 4.69) is 38.9 Å². The molecule has 1 atom stereocenters. The average Bonchev–Trinajstić information content (AvgIpc) is 3.00. The highest BCUT2D eigenvalue weighted by atomic mass is 32.1. The highest BCUT2D eigenvalue weighted by molar-refractivity contribution is 7.22. The van der Waals surface area contributed by atoms with Gasteiger partial charge in [-0.3, -0.25) is 4.99 Å². The number of anilines is 1. The smallest absolute Gasteiger partial charge is 0.191 e. The van der Waals surface area contributed by atoms with E-state index < -0.39 is 0 Å². The monoisotopic (exact) mass is 275 g/mol. The molecule has 3 N–H and O–H groups in total. The van der Waals surface area contributed by atoms with Crippen LogP contribution in [-0.2, 0) is 0 Å². The summed E-state index contributed by atoms with van der Waals surface area (Å²) in [6, 6.07) is 8.62. The number of hydrogen-bond donors (Lipinski definition) is 3. The Balaban J connectivity index is 1.47. The minimum absolute atomic E-state index is 0.444. The van der Waals surface area contributed by atoms with Crippen LogP contribution in [-0.4, -0.2) is 36.6 Å². The molecule has 1 aliphatic heterocycles. The number of hydrogen-bond acceptors (Lipinski definition) is 6. The van der Waals surface area contributed by atoms with Gasteiger partial charge in [-0.15, -0.1) is 0 Å². The normalized spacial score (nSPS) is 18.2.